The van der Waals surface area contributed by atoms with E-state index in [0.29, 0.717) is 0 Å². The summed E-state index contributed by atoms with van der Waals surface area (Å²) in [6, 6.07) is 8.17. The van der Waals surface area contributed by atoms with Crippen molar-refractivity contribution in [3.05, 3.63) is 41.5 Å². The number of aliphatic imine (C=N–C) groups is 1. The average Bonchev–Trinajstić information content (AvgIpc) is 3.04. The van der Waals surface area contributed by atoms with Gasteiger partial charge in [-0.25, -0.2) is 0 Å². The Morgan fingerprint density at radius 1 is 1.38 bits per heavy atom. The van der Waals surface area contributed by atoms with E-state index in [1.807, 2.05) is 31.2 Å². The van der Waals surface area contributed by atoms with Crippen LogP contribution in [0, 0.1) is 11.3 Å². The normalized spacial score (nSPS) is 38.5. The quantitative estimate of drug-likeness (QED) is 0.356. The van der Waals surface area contributed by atoms with Crippen LogP contribution in [0.25, 0.3) is 0 Å². The average molecular weight is 350 g/mol. The van der Waals surface area contributed by atoms with E-state index in [1.165, 1.54) is 12.7 Å². The molecule has 0 unspecified atom stereocenters. The van der Waals surface area contributed by atoms with Gasteiger partial charge in [-0.15, -0.1) is 0 Å². The van der Waals surface area contributed by atoms with E-state index in [9.17, 15) is 9.59 Å². The molecule has 0 spiro atoms. The smallest absolute Gasteiger partial charge is 0.321 e. The minimum Gasteiger partial charge on any atom is -0.468 e. The lowest BCUT2D eigenvalue weighted by molar-refractivity contribution is -0.166. The fourth-order valence-electron chi connectivity index (χ4n) is 6.15. The molecule has 26 heavy (non-hydrogen) atoms. The Labute approximate surface area is 152 Å². The maximum absolute atomic E-state index is 13.3. The van der Waals surface area contributed by atoms with Crippen LogP contribution in [0.15, 0.2) is 40.9 Å². The van der Waals surface area contributed by atoms with Crippen LogP contribution in [0.3, 0.4) is 0 Å². The lowest BCUT2D eigenvalue weighted by atomic mass is 9.43. The van der Waals surface area contributed by atoms with Crippen molar-refractivity contribution >= 4 is 23.7 Å². The summed E-state index contributed by atoms with van der Waals surface area (Å²) in [6.45, 7) is 3.65. The third-order valence-corrected chi connectivity index (χ3v) is 7.20. The summed E-state index contributed by atoms with van der Waals surface area (Å²) in [4.78, 5) is 33.5. The van der Waals surface area contributed by atoms with Gasteiger partial charge in [0.2, 0.25) is 0 Å². The number of nitrogens with zero attached hydrogens (tertiary/aromatic N) is 2. The summed E-state index contributed by atoms with van der Waals surface area (Å²) < 4.78 is 5.27. The predicted octanol–water partition coefficient (Wildman–Crippen LogP) is 2.42. The molecule has 5 rings (SSSR count). The summed E-state index contributed by atoms with van der Waals surface area (Å²) in [5, 5.41) is 0. The van der Waals surface area contributed by atoms with E-state index in [4.69, 9.17) is 9.73 Å². The SMILES string of the molecule is C/C=C1\CN2CC[C@]34C(=Nc5ccccc53)[C@@H]2C[C@@H]1[C@]4(C=O)C(=O)OC. The Morgan fingerprint density at radius 2 is 2.19 bits per heavy atom. The summed E-state index contributed by atoms with van der Waals surface area (Å²) in [7, 11) is 1.39. The largest absolute Gasteiger partial charge is 0.468 e. The highest BCUT2D eigenvalue weighted by Crippen LogP contribution is 2.65. The third-order valence-electron chi connectivity index (χ3n) is 7.20. The van der Waals surface area contributed by atoms with E-state index < -0.39 is 16.8 Å². The van der Waals surface area contributed by atoms with Crippen molar-refractivity contribution in [1.29, 1.82) is 0 Å². The number of carbonyl (C=O) groups excluding carboxylic acids is 2. The van der Waals surface area contributed by atoms with Gasteiger partial charge in [-0.2, -0.15) is 0 Å². The second-order valence-corrected chi connectivity index (χ2v) is 7.79. The molecule has 3 fully saturated rings. The molecular formula is C21H22N2O3. The minimum atomic E-state index is -1.24. The Balaban J connectivity index is 1.88. The van der Waals surface area contributed by atoms with Crippen molar-refractivity contribution in [3.8, 4) is 0 Å². The minimum absolute atomic E-state index is 0.135. The number of fused-ring (bicyclic) bond motifs is 2. The van der Waals surface area contributed by atoms with Crippen LogP contribution < -0.4 is 0 Å². The highest BCUT2D eigenvalue weighted by Gasteiger charge is 2.73. The van der Waals surface area contributed by atoms with Crippen LogP contribution in [0.1, 0.15) is 25.3 Å². The highest BCUT2D eigenvalue weighted by molar-refractivity contribution is 6.15. The number of para-hydroxylation sites is 1. The molecule has 0 aromatic heterocycles. The lowest BCUT2D eigenvalue weighted by Crippen LogP contribution is -2.74. The third kappa shape index (κ3) is 1.51. The zero-order valence-electron chi connectivity index (χ0n) is 15.1. The summed E-state index contributed by atoms with van der Waals surface area (Å²) in [5.74, 6) is -0.556. The number of ether oxygens (including phenoxy) is 1. The number of benzene rings is 1. The zero-order valence-corrected chi connectivity index (χ0v) is 15.1. The molecule has 1 aromatic rings. The fourth-order valence-corrected chi connectivity index (χ4v) is 6.15. The van der Waals surface area contributed by atoms with Gasteiger partial charge < -0.3 is 9.53 Å². The second kappa shape index (κ2) is 5.13. The molecule has 4 atom stereocenters. The molecule has 3 heterocycles. The number of carbonyl (C=O) groups is 2. The van der Waals surface area contributed by atoms with Gasteiger partial charge in [0.15, 0.2) is 0 Å². The topological polar surface area (TPSA) is 59.0 Å². The number of piperidine rings is 2. The molecule has 0 radical (unpaired) electrons. The van der Waals surface area contributed by atoms with Crippen molar-refractivity contribution in [1.82, 2.24) is 4.90 Å². The first-order valence-corrected chi connectivity index (χ1v) is 9.26. The van der Waals surface area contributed by atoms with Crippen LogP contribution in [0.2, 0.25) is 0 Å². The lowest BCUT2D eigenvalue weighted by Gasteiger charge is -2.62. The summed E-state index contributed by atoms with van der Waals surface area (Å²) >= 11 is 0. The van der Waals surface area contributed by atoms with Crippen LogP contribution in [-0.4, -0.2) is 49.1 Å². The van der Waals surface area contributed by atoms with Crippen molar-refractivity contribution < 1.29 is 14.3 Å². The molecule has 5 nitrogen and oxygen atoms in total. The van der Waals surface area contributed by atoms with Gasteiger partial charge in [-0.3, -0.25) is 14.7 Å². The van der Waals surface area contributed by atoms with Crippen LogP contribution in [0.5, 0.6) is 0 Å². The molecule has 1 saturated carbocycles. The molecule has 1 aliphatic carbocycles. The molecule has 0 N–H and O–H groups in total. The standard InChI is InChI=1S/C21H22N2O3/c1-3-13-11-23-9-8-20-14-6-4-5-7-16(14)22-18(20)17(23)10-15(13)21(20,12-24)19(25)26-2/h3-7,12,15,17H,8-11H2,1-2H3/b13-3+/t15-,17-,20+,21+/m0/s1. The monoisotopic (exact) mass is 350 g/mol. The Kier molecular flexibility index (Phi) is 3.15. The molecular weight excluding hydrogens is 328 g/mol. The van der Waals surface area contributed by atoms with Crippen LogP contribution >= 0.6 is 0 Å². The van der Waals surface area contributed by atoms with Gasteiger partial charge >= 0.3 is 5.97 Å². The highest BCUT2D eigenvalue weighted by atomic mass is 16.5. The van der Waals surface area contributed by atoms with Crippen molar-refractivity contribution in [2.75, 3.05) is 20.2 Å². The van der Waals surface area contributed by atoms with Gasteiger partial charge in [-0.05, 0) is 31.4 Å². The summed E-state index contributed by atoms with van der Waals surface area (Å²) in [5.41, 5.74) is 2.15. The van der Waals surface area contributed by atoms with Crippen molar-refractivity contribution in [2.24, 2.45) is 16.3 Å². The number of hydrogen-bond donors (Lipinski definition) is 0. The first-order valence-electron chi connectivity index (χ1n) is 9.26. The Morgan fingerprint density at radius 3 is 2.92 bits per heavy atom. The number of hydrogen-bond acceptors (Lipinski definition) is 5. The number of esters is 1. The molecule has 3 aliphatic heterocycles. The molecule has 2 saturated heterocycles. The summed E-state index contributed by atoms with van der Waals surface area (Å²) in [6.07, 6.45) is 4.45. The molecule has 1 aromatic carbocycles. The Hall–Kier alpha value is -2.27. The van der Waals surface area contributed by atoms with Gasteiger partial charge in [0.25, 0.3) is 0 Å². The van der Waals surface area contributed by atoms with E-state index in [2.05, 4.69) is 11.0 Å². The first kappa shape index (κ1) is 15.9. The number of rotatable bonds is 2. The molecule has 4 aliphatic rings. The zero-order chi connectivity index (χ0) is 18.1. The van der Waals surface area contributed by atoms with Crippen molar-refractivity contribution in [2.45, 2.75) is 31.2 Å². The van der Waals surface area contributed by atoms with E-state index in [1.54, 1.807) is 0 Å². The molecule has 134 valence electrons. The van der Waals surface area contributed by atoms with Gasteiger partial charge in [0.1, 0.15) is 11.7 Å². The number of aldehydes is 1. The maximum Gasteiger partial charge on any atom is 0.321 e. The number of allylic oxidation sites excluding steroid dienone is 1. The van der Waals surface area contributed by atoms with Gasteiger partial charge in [0.05, 0.1) is 24.3 Å². The molecule has 3 bridgehead atoms. The van der Waals surface area contributed by atoms with Crippen LogP contribution in [0.4, 0.5) is 5.69 Å². The first-order chi connectivity index (χ1) is 12.6. The van der Waals surface area contributed by atoms with E-state index >= 15 is 0 Å². The molecule has 0 amide bonds. The maximum atomic E-state index is 13.3. The van der Waals surface area contributed by atoms with Gasteiger partial charge in [0, 0.05) is 24.7 Å². The Bertz CT molecular complexity index is 889. The van der Waals surface area contributed by atoms with Crippen LogP contribution in [-0.2, 0) is 19.7 Å². The number of methoxy groups -OCH3 is 1. The van der Waals surface area contributed by atoms with Gasteiger partial charge in [-0.1, -0.05) is 29.8 Å². The van der Waals surface area contributed by atoms with Crippen molar-refractivity contribution in [3.63, 3.8) is 0 Å². The molecule has 5 heteroatoms. The van der Waals surface area contributed by atoms with E-state index in [0.717, 1.165) is 49.2 Å². The second-order valence-electron chi connectivity index (χ2n) is 7.79. The van der Waals surface area contributed by atoms with E-state index in [-0.39, 0.29) is 12.0 Å². The fraction of sp³-hybridized carbons (Fsp3) is 0.476. The predicted molar refractivity (Wildman–Crippen MR) is 97.6 cm³/mol.